The number of nitrogens with two attached hydrogens (primary N) is 1. The molecule has 1 aromatic carbocycles. The van der Waals surface area contributed by atoms with Gasteiger partial charge in [0.2, 0.25) is 0 Å². The summed E-state index contributed by atoms with van der Waals surface area (Å²) < 4.78 is 13.7. The first kappa shape index (κ1) is 14.6. The van der Waals surface area contributed by atoms with Crippen LogP contribution in [0.5, 0.6) is 0 Å². The molecular formula is C14H20FN3O2. The fraction of sp³-hybridized carbons (Fsp3) is 0.500. The van der Waals surface area contributed by atoms with Crippen molar-refractivity contribution in [2.45, 2.75) is 12.8 Å². The molecule has 0 aliphatic carbocycles. The third-order valence-electron chi connectivity index (χ3n) is 3.71. The third kappa shape index (κ3) is 3.19. The van der Waals surface area contributed by atoms with Crippen LogP contribution in [-0.2, 0) is 0 Å². The summed E-state index contributed by atoms with van der Waals surface area (Å²) in [5, 5.41) is 8.85. The van der Waals surface area contributed by atoms with Crippen LogP contribution in [0, 0.1) is 5.82 Å². The summed E-state index contributed by atoms with van der Waals surface area (Å²) in [6.45, 7) is 3.85. The highest BCUT2D eigenvalue weighted by atomic mass is 19.1. The summed E-state index contributed by atoms with van der Waals surface area (Å²) in [5.74, 6) is -2.06. The molecule has 3 N–H and O–H groups in total. The predicted octanol–water partition coefficient (Wildman–Crippen LogP) is 1.64. The topological polar surface area (TPSA) is 69.8 Å². The maximum atomic E-state index is 13.7. The van der Waals surface area contributed by atoms with Crippen LogP contribution in [-0.4, -0.2) is 49.2 Å². The van der Waals surface area contributed by atoms with E-state index < -0.39 is 11.8 Å². The molecule has 0 amide bonds. The Morgan fingerprint density at radius 3 is 2.70 bits per heavy atom. The van der Waals surface area contributed by atoms with E-state index in [1.54, 1.807) is 0 Å². The molecule has 0 bridgehead atoms. The lowest BCUT2D eigenvalue weighted by Crippen LogP contribution is -2.31. The second-order valence-corrected chi connectivity index (χ2v) is 5.17. The summed E-state index contributed by atoms with van der Waals surface area (Å²) in [7, 11) is 1.83. The highest BCUT2D eigenvalue weighted by Gasteiger charge is 2.17. The second kappa shape index (κ2) is 6.09. The molecule has 0 radical (unpaired) electrons. The molecule has 0 atom stereocenters. The number of carboxylic acids is 1. The lowest BCUT2D eigenvalue weighted by atomic mass is 10.1. The zero-order valence-electron chi connectivity index (χ0n) is 11.6. The highest BCUT2D eigenvalue weighted by Crippen LogP contribution is 2.26. The van der Waals surface area contributed by atoms with Gasteiger partial charge in [-0.2, -0.15) is 0 Å². The van der Waals surface area contributed by atoms with Crippen molar-refractivity contribution in [2.75, 3.05) is 43.9 Å². The minimum Gasteiger partial charge on any atom is -0.478 e. The van der Waals surface area contributed by atoms with E-state index in [1.807, 2.05) is 11.9 Å². The van der Waals surface area contributed by atoms with Gasteiger partial charge >= 0.3 is 5.97 Å². The molecule has 0 spiro atoms. The summed E-state index contributed by atoms with van der Waals surface area (Å²) in [6.07, 6.45) is 2.46. The van der Waals surface area contributed by atoms with E-state index >= 15 is 0 Å². The Hall–Kier alpha value is -1.82. The van der Waals surface area contributed by atoms with Crippen molar-refractivity contribution in [1.29, 1.82) is 0 Å². The molecule has 1 aliphatic heterocycles. The van der Waals surface area contributed by atoms with E-state index in [4.69, 9.17) is 10.8 Å². The molecule has 1 fully saturated rings. The Morgan fingerprint density at radius 1 is 1.45 bits per heavy atom. The van der Waals surface area contributed by atoms with Gasteiger partial charge in [-0.05, 0) is 32.0 Å². The molecule has 5 nitrogen and oxygen atoms in total. The molecule has 6 heteroatoms. The summed E-state index contributed by atoms with van der Waals surface area (Å²) in [5.41, 5.74) is 6.26. The molecule has 1 aromatic rings. The fourth-order valence-corrected chi connectivity index (χ4v) is 2.49. The van der Waals surface area contributed by atoms with E-state index in [2.05, 4.69) is 4.90 Å². The van der Waals surface area contributed by atoms with Gasteiger partial charge in [0.05, 0.1) is 16.9 Å². The summed E-state index contributed by atoms with van der Waals surface area (Å²) in [4.78, 5) is 15.1. The van der Waals surface area contributed by atoms with E-state index in [0.717, 1.165) is 26.2 Å². The molecule has 0 aromatic heterocycles. The number of likely N-dealkylation sites (tertiary alicyclic amines) is 1. The van der Waals surface area contributed by atoms with Crippen LogP contribution in [0.15, 0.2) is 12.1 Å². The Labute approximate surface area is 117 Å². The van der Waals surface area contributed by atoms with Crippen LogP contribution in [0.3, 0.4) is 0 Å². The van der Waals surface area contributed by atoms with E-state index in [0.29, 0.717) is 5.69 Å². The summed E-state index contributed by atoms with van der Waals surface area (Å²) >= 11 is 0. The first-order chi connectivity index (χ1) is 9.49. The quantitative estimate of drug-likeness (QED) is 0.803. The summed E-state index contributed by atoms with van der Waals surface area (Å²) in [6, 6.07) is 2.38. The SMILES string of the molecule is CN(CCN1CCCC1)c1cc(F)c(C(=O)O)cc1N. The minimum atomic E-state index is -1.31. The molecule has 1 aliphatic rings. The first-order valence-corrected chi connectivity index (χ1v) is 6.75. The van der Waals surface area contributed by atoms with Gasteiger partial charge in [0.25, 0.3) is 0 Å². The van der Waals surface area contributed by atoms with E-state index in [-0.39, 0.29) is 11.3 Å². The van der Waals surface area contributed by atoms with E-state index in [1.165, 1.54) is 25.0 Å². The normalized spacial score (nSPS) is 15.5. The maximum absolute atomic E-state index is 13.7. The first-order valence-electron chi connectivity index (χ1n) is 6.75. The Balaban J connectivity index is 2.07. The van der Waals surface area contributed by atoms with Gasteiger partial charge < -0.3 is 20.6 Å². The number of halogens is 1. The van der Waals surface area contributed by atoms with E-state index in [9.17, 15) is 9.18 Å². The van der Waals surface area contributed by atoms with Crippen molar-refractivity contribution in [3.8, 4) is 0 Å². The number of nitrogens with zero attached hydrogens (tertiary/aromatic N) is 2. The number of rotatable bonds is 5. The Morgan fingerprint density at radius 2 is 2.10 bits per heavy atom. The number of hydrogen-bond acceptors (Lipinski definition) is 4. The number of likely N-dealkylation sites (N-methyl/N-ethyl adjacent to an activating group) is 1. The standard InChI is InChI=1S/C14H20FN3O2/c1-17(6-7-18-4-2-3-5-18)13-9-11(15)10(14(19)20)8-12(13)16/h8-9H,2-7,16H2,1H3,(H,19,20). The number of carbonyl (C=O) groups is 1. The number of carboxylic acid groups (broad SMARTS) is 1. The number of anilines is 2. The predicted molar refractivity (Wildman–Crippen MR) is 76.7 cm³/mol. The van der Waals surface area contributed by atoms with Crippen molar-refractivity contribution in [3.05, 3.63) is 23.5 Å². The van der Waals surface area contributed by atoms with Crippen LogP contribution in [0.25, 0.3) is 0 Å². The average molecular weight is 281 g/mol. The Bertz CT molecular complexity index is 501. The largest absolute Gasteiger partial charge is 0.478 e. The lowest BCUT2D eigenvalue weighted by Gasteiger charge is -2.24. The Kier molecular flexibility index (Phi) is 4.44. The number of benzene rings is 1. The van der Waals surface area contributed by atoms with Gasteiger partial charge in [-0.1, -0.05) is 0 Å². The molecule has 1 heterocycles. The lowest BCUT2D eigenvalue weighted by molar-refractivity contribution is 0.0692. The van der Waals surface area contributed by atoms with Crippen molar-refractivity contribution in [1.82, 2.24) is 4.90 Å². The van der Waals surface area contributed by atoms with Crippen LogP contribution in [0.2, 0.25) is 0 Å². The smallest absolute Gasteiger partial charge is 0.338 e. The molecule has 110 valence electrons. The van der Waals surface area contributed by atoms with Crippen molar-refractivity contribution >= 4 is 17.3 Å². The number of hydrogen-bond donors (Lipinski definition) is 2. The average Bonchev–Trinajstić information content (AvgIpc) is 2.91. The minimum absolute atomic E-state index is 0.285. The van der Waals surface area contributed by atoms with Crippen LogP contribution in [0.1, 0.15) is 23.2 Å². The van der Waals surface area contributed by atoms with Crippen molar-refractivity contribution in [3.63, 3.8) is 0 Å². The molecule has 0 unspecified atom stereocenters. The monoisotopic (exact) mass is 281 g/mol. The number of nitrogen functional groups attached to an aromatic ring is 1. The van der Waals surface area contributed by atoms with Gasteiger partial charge in [0, 0.05) is 26.2 Å². The molecule has 2 rings (SSSR count). The van der Waals surface area contributed by atoms with Gasteiger partial charge in [-0.3, -0.25) is 0 Å². The van der Waals surface area contributed by atoms with Crippen LogP contribution >= 0.6 is 0 Å². The highest BCUT2D eigenvalue weighted by molar-refractivity contribution is 5.90. The van der Waals surface area contributed by atoms with Gasteiger partial charge in [0.15, 0.2) is 0 Å². The van der Waals surface area contributed by atoms with Crippen molar-refractivity contribution < 1.29 is 14.3 Å². The van der Waals surface area contributed by atoms with Crippen LogP contribution < -0.4 is 10.6 Å². The van der Waals surface area contributed by atoms with Gasteiger partial charge in [0.1, 0.15) is 5.82 Å². The molecule has 1 saturated heterocycles. The maximum Gasteiger partial charge on any atom is 0.338 e. The molecule has 20 heavy (non-hydrogen) atoms. The second-order valence-electron chi connectivity index (χ2n) is 5.17. The van der Waals surface area contributed by atoms with Gasteiger partial charge in [-0.15, -0.1) is 0 Å². The van der Waals surface area contributed by atoms with Gasteiger partial charge in [-0.25, -0.2) is 9.18 Å². The molecular weight excluding hydrogens is 261 g/mol. The molecule has 0 saturated carbocycles. The third-order valence-corrected chi connectivity index (χ3v) is 3.71. The van der Waals surface area contributed by atoms with Crippen LogP contribution in [0.4, 0.5) is 15.8 Å². The van der Waals surface area contributed by atoms with Crippen molar-refractivity contribution in [2.24, 2.45) is 0 Å². The number of aromatic carboxylic acids is 1. The zero-order chi connectivity index (χ0) is 14.7. The zero-order valence-corrected chi connectivity index (χ0v) is 11.6. The fourth-order valence-electron chi connectivity index (χ4n) is 2.49.